The van der Waals surface area contributed by atoms with Gasteiger partial charge in [-0.25, -0.2) is 0 Å². The molecule has 1 aliphatic rings. The summed E-state index contributed by atoms with van der Waals surface area (Å²) in [5.41, 5.74) is 6.43. The second-order valence-electron chi connectivity index (χ2n) is 4.71. The Morgan fingerprint density at radius 3 is 2.80 bits per heavy atom. The summed E-state index contributed by atoms with van der Waals surface area (Å²) in [5.74, 6) is 1.40. The van der Waals surface area contributed by atoms with Gasteiger partial charge in [-0.05, 0) is 18.6 Å². The van der Waals surface area contributed by atoms with Crippen molar-refractivity contribution in [3.63, 3.8) is 0 Å². The molecule has 0 spiro atoms. The number of hydrogen-bond acceptors (Lipinski definition) is 4. The number of amidine groups is 1. The second-order valence-corrected chi connectivity index (χ2v) is 4.71. The molecule has 1 amide bonds. The monoisotopic (exact) mass is 277 g/mol. The SMILES string of the molecule is COc1ccc(CN2C(=O)CCC2C(=N)N)c(OC)c1. The predicted molar refractivity (Wildman–Crippen MR) is 75.0 cm³/mol. The van der Waals surface area contributed by atoms with E-state index in [0.717, 1.165) is 5.56 Å². The van der Waals surface area contributed by atoms with Gasteiger partial charge in [0.1, 0.15) is 17.3 Å². The maximum Gasteiger partial charge on any atom is 0.223 e. The van der Waals surface area contributed by atoms with Gasteiger partial charge in [-0.2, -0.15) is 0 Å². The van der Waals surface area contributed by atoms with E-state index in [0.29, 0.717) is 30.9 Å². The van der Waals surface area contributed by atoms with Crippen molar-refractivity contribution in [2.45, 2.75) is 25.4 Å². The number of benzene rings is 1. The molecule has 0 aliphatic carbocycles. The van der Waals surface area contributed by atoms with Crippen LogP contribution in [0.3, 0.4) is 0 Å². The van der Waals surface area contributed by atoms with E-state index in [1.165, 1.54) is 0 Å². The Labute approximate surface area is 118 Å². The van der Waals surface area contributed by atoms with Crippen molar-refractivity contribution >= 4 is 11.7 Å². The molecule has 1 aliphatic heterocycles. The van der Waals surface area contributed by atoms with Gasteiger partial charge in [0.05, 0.1) is 26.8 Å². The van der Waals surface area contributed by atoms with Crippen molar-refractivity contribution in [2.24, 2.45) is 5.73 Å². The number of nitrogens with zero attached hydrogens (tertiary/aromatic N) is 1. The van der Waals surface area contributed by atoms with Gasteiger partial charge in [-0.1, -0.05) is 0 Å². The van der Waals surface area contributed by atoms with Crippen LogP contribution in [0.1, 0.15) is 18.4 Å². The van der Waals surface area contributed by atoms with Crippen molar-refractivity contribution < 1.29 is 14.3 Å². The zero-order valence-electron chi connectivity index (χ0n) is 11.7. The molecule has 0 bridgehead atoms. The van der Waals surface area contributed by atoms with Crippen LogP contribution in [0.5, 0.6) is 11.5 Å². The first kappa shape index (κ1) is 14.2. The van der Waals surface area contributed by atoms with Gasteiger partial charge in [-0.15, -0.1) is 0 Å². The number of hydrogen-bond donors (Lipinski definition) is 2. The van der Waals surface area contributed by atoms with Gasteiger partial charge in [0.2, 0.25) is 5.91 Å². The second kappa shape index (κ2) is 5.81. The number of carbonyl (C=O) groups is 1. The van der Waals surface area contributed by atoms with Crippen LogP contribution in [0.4, 0.5) is 0 Å². The number of likely N-dealkylation sites (tertiary alicyclic amines) is 1. The van der Waals surface area contributed by atoms with E-state index in [2.05, 4.69) is 0 Å². The minimum Gasteiger partial charge on any atom is -0.497 e. The quantitative estimate of drug-likeness (QED) is 0.623. The average Bonchev–Trinajstić information content (AvgIpc) is 2.81. The van der Waals surface area contributed by atoms with Crippen molar-refractivity contribution in [1.82, 2.24) is 4.90 Å². The van der Waals surface area contributed by atoms with E-state index in [1.54, 1.807) is 25.2 Å². The van der Waals surface area contributed by atoms with Crippen molar-refractivity contribution in [3.05, 3.63) is 23.8 Å². The van der Waals surface area contributed by atoms with Gasteiger partial charge < -0.3 is 20.1 Å². The summed E-state index contributed by atoms with van der Waals surface area (Å²) >= 11 is 0. The normalized spacial score (nSPS) is 18.2. The number of nitrogens with two attached hydrogens (primary N) is 1. The predicted octanol–water partition coefficient (Wildman–Crippen LogP) is 1.13. The third kappa shape index (κ3) is 2.68. The molecule has 6 heteroatoms. The van der Waals surface area contributed by atoms with Gasteiger partial charge >= 0.3 is 0 Å². The van der Waals surface area contributed by atoms with Crippen LogP contribution < -0.4 is 15.2 Å². The first-order chi connectivity index (χ1) is 9.56. The molecule has 1 heterocycles. The number of methoxy groups -OCH3 is 2. The van der Waals surface area contributed by atoms with Crippen LogP contribution in [0.2, 0.25) is 0 Å². The van der Waals surface area contributed by atoms with Crippen LogP contribution >= 0.6 is 0 Å². The largest absolute Gasteiger partial charge is 0.497 e. The fourth-order valence-corrected chi connectivity index (χ4v) is 2.42. The van der Waals surface area contributed by atoms with Crippen LogP contribution in [0.25, 0.3) is 0 Å². The minimum absolute atomic E-state index is 0.0167. The molecule has 1 unspecified atom stereocenters. The molecule has 108 valence electrons. The van der Waals surface area contributed by atoms with E-state index in [1.807, 2.05) is 12.1 Å². The lowest BCUT2D eigenvalue weighted by molar-refractivity contribution is -0.128. The number of amides is 1. The summed E-state index contributed by atoms with van der Waals surface area (Å²) < 4.78 is 10.5. The zero-order valence-corrected chi connectivity index (χ0v) is 11.7. The molecule has 2 rings (SSSR count). The van der Waals surface area contributed by atoms with Crippen LogP contribution in [-0.4, -0.2) is 36.9 Å². The summed E-state index contributed by atoms with van der Waals surface area (Å²) in [6.45, 7) is 0.385. The molecule has 0 radical (unpaired) electrons. The topological polar surface area (TPSA) is 88.6 Å². The number of nitrogens with one attached hydrogen (secondary N) is 1. The minimum atomic E-state index is -0.311. The highest BCUT2D eigenvalue weighted by Crippen LogP contribution is 2.28. The van der Waals surface area contributed by atoms with E-state index in [4.69, 9.17) is 20.6 Å². The van der Waals surface area contributed by atoms with E-state index >= 15 is 0 Å². The lowest BCUT2D eigenvalue weighted by Crippen LogP contribution is -2.41. The average molecular weight is 277 g/mol. The standard InChI is InChI=1S/C14H19N3O3/c1-19-10-4-3-9(12(7-10)20-2)8-17-11(14(15)16)5-6-13(17)18/h3-4,7,11H,5-6,8H2,1-2H3,(H3,15,16). The number of ether oxygens (including phenoxy) is 2. The fraction of sp³-hybridized carbons (Fsp3) is 0.429. The van der Waals surface area contributed by atoms with Crippen LogP contribution in [0.15, 0.2) is 18.2 Å². The van der Waals surface area contributed by atoms with E-state index in [9.17, 15) is 4.79 Å². The summed E-state index contributed by atoms with van der Waals surface area (Å²) in [6.07, 6.45) is 1.04. The molecule has 1 atom stereocenters. The first-order valence-electron chi connectivity index (χ1n) is 6.41. The third-order valence-electron chi connectivity index (χ3n) is 3.52. The van der Waals surface area contributed by atoms with Crippen LogP contribution in [0, 0.1) is 5.41 Å². The van der Waals surface area contributed by atoms with Gasteiger partial charge in [0, 0.05) is 18.1 Å². The molecule has 1 aromatic rings. The summed E-state index contributed by atoms with van der Waals surface area (Å²) in [6, 6.07) is 5.15. The molecular formula is C14H19N3O3. The lowest BCUT2D eigenvalue weighted by atomic mass is 10.1. The maximum absolute atomic E-state index is 11.9. The Balaban J connectivity index is 2.24. The van der Waals surface area contributed by atoms with E-state index < -0.39 is 0 Å². The summed E-state index contributed by atoms with van der Waals surface area (Å²) in [4.78, 5) is 13.6. The molecule has 1 fully saturated rings. The number of rotatable bonds is 5. The van der Waals surface area contributed by atoms with E-state index in [-0.39, 0.29) is 17.8 Å². The highest BCUT2D eigenvalue weighted by molar-refractivity contribution is 5.91. The Hall–Kier alpha value is -2.24. The Morgan fingerprint density at radius 1 is 1.45 bits per heavy atom. The highest BCUT2D eigenvalue weighted by atomic mass is 16.5. The van der Waals surface area contributed by atoms with Crippen LogP contribution in [-0.2, 0) is 11.3 Å². The number of carbonyl (C=O) groups excluding carboxylic acids is 1. The van der Waals surface area contributed by atoms with Gasteiger partial charge in [0.15, 0.2) is 0 Å². The smallest absolute Gasteiger partial charge is 0.223 e. The molecule has 3 N–H and O–H groups in total. The fourth-order valence-electron chi connectivity index (χ4n) is 2.42. The molecule has 0 aromatic heterocycles. The molecule has 20 heavy (non-hydrogen) atoms. The Morgan fingerprint density at radius 2 is 2.20 bits per heavy atom. The lowest BCUT2D eigenvalue weighted by Gasteiger charge is -2.24. The van der Waals surface area contributed by atoms with Gasteiger partial charge in [0.25, 0.3) is 0 Å². The molecule has 0 saturated carbocycles. The Bertz CT molecular complexity index is 530. The molecule has 1 aromatic carbocycles. The van der Waals surface area contributed by atoms with Crippen molar-refractivity contribution in [1.29, 1.82) is 5.41 Å². The highest BCUT2D eigenvalue weighted by Gasteiger charge is 2.33. The maximum atomic E-state index is 11.9. The van der Waals surface area contributed by atoms with Crippen molar-refractivity contribution in [2.75, 3.05) is 14.2 Å². The molecule has 1 saturated heterocycles. The van der Waals surface area contributed by atoms with Gasteiger partial charge in [-0.3, -0.25) is 10.2 Å². The summed E-state index contributed by atoms with van der Waals surface area (Å²) in [7, 11) is 3.16. The summed E-state index contributed by atoms with van der Waals surface area (Å²) in [5, 5.41) is 7.57. The van der Waals surface area contributed by atoms with Crippen molar-refractivity contribution in [3.8, 4) is 11.5 Å². The third-order valence-corrected chi connectivity index (χ3v) is 3.52. The zero-order chi connectivity index (χ0) is 14.7. The molecular weight excluding hydrogens is 258 g/mol. The first-order valence-corrected chi connectivity index (χ1v) is 6.41. The Kier molecular flexibility index (Phi) is 4.12. The molecule has 6 nitrogen and oxygen atoms in total.